The van der Waals surface area contributed by atoms with Gasteiger partial charge in [0.15, 0.2) is 0 Å². The van der Waals surface area contributed by atoms with Crippen molar-refractivity contribution in [1.82, 2.24) is 19.8 Å². The van der Waals surface area contributed by atoms with E-state index in [4.69, 9.17) is 4.74 Å². The van der Waals surface area contributed by atoms with Crippen molar-refractivity contribution in [2.75, 3.05) is 13.1 Å². The molecule has 0 aliphatic carbocycles. The molecule has 2 N–H and O–H groups in total. The minimum atomic E-state index is -0.506. The maximum atomic E-state index is 12.8. The first kappa shape index (κ1) is 23.4. The van der Waals surface area contributed by atoms with E-state index in [0.717, 1.165) is 10.1 Å². The maximum absolute atomic E-state index is 12.8. The largest absolute Gasteiger partial charge is 0.372 e. The Kier molecular flexibility index (Phi) is 6.65. The van der Waals surface area contributed by atoms with Gasteiger partial charge in [-0.2, -0.15) is 0 Å². The minimum absolute atomic E-state index is 0.00259. The molecule has 0 saturated carbocycles. The summed E-state index contributed by atoms with van der Waals surface area (Å²) in [4.78, 5) is 54.3. The smallest absolute Gasteiger partial charge is 0.328 e. The number of nitrogens with zero attached hydrogens (tertiary/aromatic N) is 2. The van der Waals surface area contributed by atoms with Gasteiger partial charge in [0.2, 0.25) is 0 Å². The Morgan fingerprint density at radius 3 is 2.32 bits per heavy atom. The molecule has 2 amide bonds. The fourth-order valence-electron chi connectivity index (χ4n) is 4.26. The van der Waals surface area contributed by atoms with Crippen LogP contribution < -0.4 is 16.6 Å². The summed E-state index contributed by atoms with van der Waals surface area (Å²) in [5, 5.41) is 3.18. The molecule has 1 fully saturated rings. The van der Waals surface area contributed by atoms with Gasteiger partial charge in [-0.05, 0) is 56.7 Å². The second-order valence-electron chi connectivity index (χ2n) is 8.59. The molecule has 0 radical (unpaired) electrons. The highest BCUT2D eigenvalue weighted by Gasteiger charge is 2.26. The number of benzene rings is 2. The summed E-state index contributed by atoms with van der Waals surface area (Å²) in [6.45, 7) is 7.28. The van der Waals surface area contributed by atoms with Crippen LogP contribution in [0.3, 0.4) is 0 Å². The quantitative estimate of drug-likeness (QED) is 0.599. The number of H-pyrrole nitrogens is 1. The molecule has 2 heterocycles. The van der Waals surface area contributed by atoms with Gasteiger partial charge in [-0.3, -0.25) is 19.0 Å². The normalized spacial score (nSPS) is 18.1. The number of hydrogen-bond acceptors (Lipinski definition) is 5. The number of nitrogens with one attached hydrogen (secondary N) is 2. The molecular weight excluding hydrogens is 436 g/mol. The highest BCUT2D eigenvalue weighted by molar-refractivity contribution is 5.97. The third-order valence-corrected chi connectivity index (χ3v) is 5.92. The van der Waals surface area contributed by atoms with Gasteiger partial charge in [0, 0.05) is 37.3 Å². The molecule has 34 heavy (non-hydrogen) atoms. The number of aromatic amines is 1. The van der Waals surface area contributed by atoms with Gasteiger partial charge in [0.05, 0.1) is 23.1 Å². The topological polar surface area (TPSA) is 114 Å². The van der Waals surface area contributed by atoms with E-state index in [1.54, 1.807) is 36.1 Å². The van der Waals surface area contributed by atoms with Crippen molar-refractivity contribution in [2.24, 2.45) is 0 Å². The third kappa shape index (κ3) is 4.79. The van der Waals surface area contributed by atoms with E-state index in [9.17, 15) is 19.2 Å². The number of amides is 2. The molecule has 1 saturated heterocycles. The van der Waals surface area contributed by atoms with Crippen molar-refractivity contribution >= 4 is 22.7 Å². The molecule has 1 aliphatic rings. The van der Waals surface area contributed by atoms with Gasteiger partial charge >= 0.3 is 5.69 Å². The predicted octanol–water partition coefficient (Wildman–Crippen LogP) is 1.89. The molecule has 0 spiro atoms. The van der Waals surface area contributed by atoms with E-state index in [0.29, 0.717) is 35.1 Å². The third-order valence-electron chi connectivity index (χ3n) is 5.92. The van der Waals surface area contributed by atoms with Crippen molar-refractivity contribution in [3.63, 3.8) is 0 Å². The zero-order valence-electron chi connectivity index (χ0n) is 19.5. The van der Waals surface area contributed by atoms with Crippen molar-refractivity contribution in [1.29, 1.82) is 0 Å². The fourth-order valence-corrected chi connectivity index (χ4v) is 4.26. The number of fused-ring (bicyclic) bond motifs is 1. The van der Waals surface area contributed by atoms with Crippen LogP contribution in [0.1, 0.15) is 47.1 Å². The molecule has 2 unspecified atom stereocenters. The maximum Gasteiger partial charge on any atom is 0.328 e. The molecule has 178 valence electrons. The van der Waals surface area contributed by atoms with Crippen molar-refractivity contribution in [3.05, 3.63) is 80.0 Å². The van der Waals surface area contributed by atoms with Gasteiger partial charge in [-0.25, -0.2) is 4.79 Å². The van der Waals surface area contributed by atoms with Crippen LogP contribution in [0.15, 0.2) is 52.1 Å². The lowest BCUT2D eigenvalue weighted by Crippen LogP contribution is -2.48. The van der Waals surface area contributed by atoms with Gasteiger partial charge in [0.1, 0.15) is 0 Å². The number of ether oxygens (including phenoxy) is 1. The minimum Gasteiger partial charge on any atom is -0.372 e. The Hall–Kier alpha value is -3.72. The average molecular weight is 465 g/mol. The Labute approximate surface area is 196 Å². The summed E-state index contributed by atoms with van der Waals surface area (Å²) in [5.74, 6) is -0.372. The summed E-state index contributed by atoms with van der Waals surface area (Å²) in [7, 11) is 0. The van der Waals surface area contributed by atoms with E-state index >= 15 is 0 Å². The van der Waals surface area contributed by atoms with E-state index in [1.807, 2.05) is 26.0 Å². The number of hydrogen-bond donors (Lipinski definition) is 2. The molecule has 2 atom stereocenters. The van der Waals surface area contributed by atoms with Crippen LogP contribution in [0, 0.1) is 0 Å². The summed E-state index contributed by atoms with van der Waals surface area (Å²) >= 11 is 0. The van der Waals surface area contributed by atoms with Gasteiger partial charge < -0.3 is 19.9 Å². The van der Waals surface area contributed by atoms with Gasteiger partial charge in [-0.15, -0.1) is 0 Å². The lowest BCUT2D eigenvalue weighted by molar-refractivity contribution is -0.0586. The molecule has 2 aromatic carbocycles. The van der Waals surface area contributed by atoms with E-state index in [2.05, 4.69) is 10.3 Å². The monoisotopic (exact) mass is 464 g/mol. The molecule has 1 aliphatic heterocycles. The zero-order valence-corrected chi connectivity index (χ0v) is 19.5. The summed E-state index contributed by atoms with van der Waals surface area (Å²) in [6.07, 6.45) is 0.00519. The summed E-state index contributed by atoms with van der Waals surface area (Å²) in [6, 6.07) is 11.7. The van der Waals surface area contributed by atoms with Crippen molar-refractivity contribution in [3.8, 4) is 0 Å². The second kappa shape index (κ2) is 9.64. The van der Waals surface area contributed by atoms with Gasteiger partial charge in [0.25, 0.3) is 17.4 Å². The van der Waals surface area contributed by atoms with Crippen molar-refractivity contribution in [2.45, 2.75) is 46.1 Å². The SMILES string of the molecule is CCn1c(=O)[nH]c2cc(C(=O)NCc3ccc(C(=O)N4CC(C)OC(C)C4)cc3)ccc2c1=O. The Bertz CT molecular complexity index is 1330. The number of rotatable bonds is 5. The lowest BCUT2D eigenvalue weighted by atomic mass is 10.1. The molecular formula is C25H28N4O5. The number of carbonyl (C=O) groups is 2. The lowest BCUT2D eigenvalue weighted by Gasteiger charge is -2.35. The van der Waals surface area contributed by atoms with Crippen LogP contribution in [0.5, 0.6) is 0 Å². The van der Waals surface area contributed by atoms with E-state index in [1.165, 1.54) is 6.07 Å². The molecule has 9 heteroatoms. The zero-order chi connectivity index (χ0) is 24.4. The van der Waals surface area contributed by atoms with Crippen LogP contribution in [-0.2, 0) is 17.8 Å². The number of morpholine rings is 1. The van der Waals surface area contributed by atoms with E-state index in [-0.39, 0.29) is 42.7 Å². The molecule has 3 aromatic rings. The highest BCUT2D eigenvalue weighted by Crippen LogP contribution is 2.15. The first-order valence-corrected chi connectivity index (χ1v) is 11.4. The molecule has 4 rings (SSSR count). The second-order valence-corrected chi connectivity index (χ2v) is 8.59. The summed E-state index contributed by atoms with van der Waals surface area (Å²) < 4.78 is 6.80. The molecule has 0 bridgehead atoms. The van der Waals surface area contributed by atoms with E-state index < -0.39 is 5.69 Å². The first-order chi connectivity index (χ1) is 16.3. The Morgan fingerprint density at radius 1 is 1.03 bits per heavy atom. The average Bonchev–Trinajstić information content (AvgIpc) is 2.81. The summed E-state index contributed by atoms with van der Waals surface area (Å²) in [5.41, 5.74) is 1.19. The van der Waals surface area contributed by atoms with Crippen molar-refractivity contribution < 1.29 is 14.3 Å². The first-order valence-electron chi connectivity index (χ1n) is 11.4. The van der Waals surface area contributed by atoms with Crippen LogP contribution in [-0.4, -0.2) is 51.6 Å². The van der Waals surface area contributed by atoms with Crippen LogP contribution in [0.2, 0.25) is 0 Å². The number of carbonyl (C=O) groups excluding carboxylic acids is 2. The Balaban J connectivity index is 1.42. The number of aromatic nitrogens is 2. The van der Waals surface area contributed by atoms with Gasteiger partial charge in [-0.1, -0.05) is 12.1 Å². The predicted molar refractivity (Wildman–Crippen MR) is 128 cm³/mol. The van der Waals surface area contributed by atoms with Crippen LogP contribution in [0.4, 0.5) is 0 Å². The highest BCUT2D eigenvalue weighted by atomic mass is 16.5. The van der Waals surface area contributed by atoms with Crippen LogP contribution >= 0.6 is 0 Å². The van der Waals surface area contributed by atoms with Crippen LogP contribution in [0.25, 0.3) is 10.9 Å². The Morgan fingerprint density at radius 2 is 1.68 bits per heavy atom. The fraction of sp³-hybridized carbons (Fsp3) is 0.360. The standard InChI is InChI=1S/C25H28N4O5/c1-4-29-24(32)20-10-9-19(11-21(20)27-25(29)33)22(30)26-12-17-5-7-18(8-6-17)23(31)28-13-15(2)34-16(3)14-28/h5-11,15-16H,4,12-14H2,1-3H3,(H,26,30)(H,27,33). The molecule has 9 nitrogen and oxygen atoms in total. The molecule has 1 aromatic heterocycles.